The van der Waals surface area contributed by atoms with Crippen molar-refractivity contribution < 1.29 is 13.6 Å². The average Bonchev–Trinajstić information content (AvgIpc) is 2.73. The fraction of sp³-hybridized carbons (Fsp3) is 0.750. The number of carbonyl (C=O) groups is 1. The molecule has 4 nitrogen and oxygen atoms in total. The summed E-state index contributed by atoms with van der Waals surface area (Å²) in [5, 5.41) is 3.28. The summed E-state index contributed by atoms with van der Waals surface area (Å²) in [6.45, 7) is 18.1. The van der Waals surface area contributed by atoms with Crippen LogP contribution < -0.4 is 5.32 Å². The first-order chi connectivity index (χ1) is 15.9. The second-order valence-electron chi connectivity index (χ2n) is 11.8. The van der Waals surface area contributed by atoms with Gasteiger partial charge in [0.25, 0.3) is 5.91 Å². The molecule has 1 N–H and O–H groups in total. The molecule has 1 rings (SSSR count). The molecule has 0 bridgehead atoms. The number of hydrogen-bond acceptors (Lipinski definition) is 3. The van der Waals surface area contributed by atoms with Crippen LogP contribution in [-0.2, 0) is 8.85 Å². The molecule has 6 heteroatoms. The summed E-state index contributed by atoms with van der Waals surface area (Å²) in [5.74, 6) is -0.0413. The highest BCUT2D eigenvalue weighted by atomic mass is 28.4. The lowest BCUT2D eigenvalue weighted by Gasteiger charge is -2.34. The van der Waals surface area contributed by atoms with Gasteiger partial charge in [-0.25, -0.2) is 0 Å². The predicted molar refractivity (Wildman–Crippen MR) is 152 cm³/mol. The second kappa shape index (κ2) is 15.9. The Morgan fingerprint density at radius 1 is 0.824 bits per heavy atom. The first kappa shape index (κ1) is 31.1. The molecule has 0 fully saturated rings. The van der Waals surface area contributed by atoms with Crippen LogP contribution in [-0.4, -0.2) is 41.3 Å². The van der Waals surface area contributed by atoms with Crippen molar-refractivity contribution in [2.24, 2.45) is 0 Å². The number of aryl methyl sites for hydroxylation is 1. The Morgan fingerprint density at radius 2 is 1.35 bits per heavy atom. The van der Waals surface area contributed by atoms with Crippen molar-refractivity contribution in [2.45, 2.75) is 129 Å². The van der Waals surface area contributed by atoms with E-state index in [1.807, 2.05) is 31.2 Å². The van der Waals surface area contributed by atoms with Crippen molar-refractivity contribution in [2.75, 3.05) is 6.61 Å². The largest absolute Gasteiger partial charge is 0.415 e. The highest BCUT2D eigenvalue weighted by Gasteiger charge is 2.31. The average molecular weight is 508 g/mol. The number of amides is 1. The first-order valence-corrected chi connectivity index (χ1v) is 20.4. The lowest BCUT2D eigenvalue weighted by Crippen LogP contribution is -2.51. The van der Waals surface area contributed by atoms with Gasteiger partial charge in [-0.1, -0.05) is 82.4 Å². The topological polar surface area (TPSA) is 47.6 Å². The molecular weight excluding hydrogens is 454 g/mol. The normalized spacial score (nSPS) is 14.1. The molecule has 1 amide bonds. The minimum atomic E-state index is -1.79. The third kappa shape index (κ3) is 15.1. The van der Waals surface area contributed by atoms with E-state index in [1.54, 1.807) is 0 Å². The Hall–Kier alpha value is -0.956. The maximum atomic E-state index is 13.1. The van der Waals surface area contributed by atoms with E-state index >= 15 is 0 Å². The standard InChI is InChI=1S/C28H53NO3Si2/c1-9-10-11-12-13-14-15-16-17-18-27(32-34(6,7)8)26(23-31-33(3,4)5)29-28(30)25-21-19-24(2)20-22-25/h19-22,26-27H,9-18,23H2,1-8H3,(H,29,30). The zero-order valence-electron chi connectivity index (χ0n) is 23.5. The van der Waals surface area contributed by atoms with Crippen LogP contribution in [0.4, 0.5) is 0 Å². The summed E-state index contributed by atoms with van der Waals surface area (Å²) in [6.07, 6.45) is 12.7. The van der Waals surface area contributed by atoms with E-state index in [0.717, 1.165) is 18.4 Å². The fourth-order valence-corrected chi connectivity index (χ4v) is 5.86. The van der Waals surface area contributed by atoms with Crippen LogP contribution in [0.25, 0.3) is 0 Å². The quantitative estimate of drug-likeness (QED) is 0.161. The van der Waals surface area contributed by atoms with Gasteiger partial charge in [-0.05, 0) is 64.8 Å². The van der Waals surface area contributed by atoms with E-state index in [-0.39, 0.29) is 18.1 Å². The Balaban J connectivity index is 2.77. The maximum absolute atomic E-state index is 13.1. The van der Waals surface area contributed by atoms with Gasteiger partial charge in [0, 0.05) is 5.56 Å². The number of benzene rings is 1. The van der Waals surface area contributed by atoms with E-state index in [2.05, 4.69) is 51.5 Å². The highest BCUT2D eigenvalue weighted by molar-refractivity contribution is 6.70. The Kier molecular flexibility index (Phi) is 14.5. The van der Waals surface area contributed by atoms with Gasteiger partial charge in [-0.3, -0.25) is 4.79 Å². The molecule has 0 aromatic heterocycles. The smallest absolute Gasteiger partial charge is 0.251 e. The van der Waals surface area contributed by atoms with Crippen molar-refractivity contribution in [3.63, 3.8) is 0 Å². The van der Waals surface area contributed by atoms with Crippen molar-refractivity contribution in [1.82, 2.24) is 5.32 Å². The molecule has 1 aromatic rings. The van der Waals surface area contributed by atoms with E-state index in [0.29, 0.717) is 12.2 Å². The van der Waals surface area contributed by atoms with Crippen LogP contribution >= 0.6 is 0 Å². The number of nitrogens with one attached hydrogen (secondary N) is 1. The van der Waals surface area contributed by atoms with Crippen LogP contribution in [0.3, 0.4) is 0 Å². The third-order valence-electron chi connectivity index (χ3n) is 5.87. The van der Waals surface area contributed by atoms with Gasteiger partial charge in [0.2, 0.25) is 0 Å². The lowest BCUT2D eigenvalue weighted by molar-refractivity contribution is 0.0748. The van der Waals surface area contributed by atoms with Gasteiger partial charge < -0.3 is 14.2 Å². The van der Waals surface area contributed by atoms with Gasteiger partial charge in [0.15, 0.2) is 16.6 Å². The zero-order valence-corrected chi connectivity index (χ0v) is 25.5. The molecule has 0 heterocycles. The molecule has 1 aromatic carbocycles. The van der Waals surface area contributed by atoms with Crippen LogP contribution in [0.1, 0.15) is 87.1 Å². The summed E-state index contributed by atoms with van der Waals surface area (Å²) >= 11 is 0. The summed E-state index contributed by atoms with van der Waals surface area (Å²) in [5.41, 5.74) is 1.85. The molecule has 0 saturated heterocycles. The highest BCUT2D eigenvalue weighted by Crippen LogP contribution is 2.20. The van der Waals surface area contributed by atoms with Crippen molar-refractivity contribution in [3.8, 4) is 0 Å². The molecule has 34 heavy (non-hydrogen) atoms. The molecule has 0 aliphatic rings. The molecule has 2 atom stereocenters. The van der Waals surface area contributed by atoms with Gasteiger partial charge in [-0.2, -0.15) is 0 Å². The molecule has 196 valence electrons. The monoisotopic (exact) mass is 507 g/mol. The van der Waals surface area contributed by atoms with Crippen LogP contribution in [0.5, 0.6) is 0 Å². The molecule has 0 radical (unpaired) electrons. The molecule has 0 aliphatic heterocycles. The van der Waals surface area contributed by atoms with Crippen molar-refractivity contribution >= 4 is 22.5 Å². The first-order valence-electron chi connectivity index (χ1n) is 13.6. The Morgan fingerprint density at radius 3 is 1.85 bits per heavy atom. The van der Waals surface area contributed by atoms with E-state index in [9.17, 15) is 4.79 Å². The maximum Gasteiger partial charge on any atom is 0.251 e. The molecule has 2 unspecified atom stereocenters. The van der Waals surface area contributed by atoms with Gasteiger partial charge in [0.1, 0.15) is 0 Å². The SMILES string of the molecule is CCCCCCCCCCCC(O[Si](C)(C)C)C(CO[Si](C)(C)C)NC(=O)c1ccc(C)cc1. The van der Waals surface area contributed by atoms with Crippen molar-refractivity contribution in [3.05, 3.63) is 35.4 Å². The van der Waals surface area contributed by atoms with Gasteiger partial charge in [0.05, 0.1) is 18.8 Å². The van der Waals surface area contributed by atoms with E-state index in [1.165, 1.54) is 51.4 Å². The van der Waals surface area contributed by atoms with E-state index < -0.39 is 16.6 Å². The Labute approximate surface area is 212 Å². The zero-order chi connectivity index (χ0) is 25.6. The molecule has 0 aliphatic carbocycles. The Bertz CT molecular complexity index is 680. The summed E-state index contributed by atoms with van der Waals surface area (Å²) in [7, 11) is -3.51. The number of unbranched alkanes of at least 4 members (excludes halogenated alkanes) is 8. The van der Waals surface area contributed by atoms with E-state index in [4.69, 9.17) is 8.85 Å². The third-order valence-corrected chi connectivity index (χ3v) is 7.91. The minimum absolute atomic E-state index is 0.0121. The van der Waals surface area contributed by atoms with Gasteiger partial charge >= 0.3 is 0 Å². The number of carbonyl (C=O) groups excluding carboxylic acids is 1. The summed E-state index contributed by atoms with van der Waals surface area (Å²) in [6, 6.07) is 7.63. The van der Waals surface area contributed by atoms with Gasteiger partial charge in [-0.15, -0.1) is 0 Å². The second-order valence-corrected chi connectivity index (χ2v) is 20.7. The summed E-state index contributed by atoms with van der Waals surface area (Å²) in [4.78, 5) is 13.1. The molecule has 0 saturated carbocycles. The molecular formula is C28H53NO3Si2. The minimum Gasteiger partial charge on any atom is -0.415 e. The number of hydrogen-bond donors (Lipinski definition) is 1. The predicted octanol–water partition coefficient (Wildman–Crippen LogP) is 8.09. The van der Waals surface area contributed by atoms with Crippen molar-refractivity contribution in [1.29, 1.82) is 0 Å². The van der Waals surface area contributed by atoms with Crippen LogP contribution in [0, 0.1) is 6.92 Å². The fourth-order valence-electron chi connectivity index (χ4n) is 3.99. The number of rotatable bonds is 18. The summed E-state index contributed by atoms with van der Waals surface area (Å²) < 4.78 is 12.9. The lowest BCUT2D eigenvalue weighted by atomic mass is 10.0. The van der Waals surface area contributed by atoms with Crippen LogP contribution in [0.2, 0.25) is 39.3 Å². The molecule has 0 spiro atoms. The van der Waals surface area contributed by atoms with Crippen LogP contribution in [0.15, 0.2) is 24.3 Å².